The number of anilines is 1. The minimum Gasteiger partial charge on any atom is -0.508 e. The number of carbonyl (C=O) groups excluding carboxylic acids is 2. The van der Waals surface area contributed by atoms with Crippen molar-refractivity contribution in [3.05, 3.63) is 101 Å². The number of benzene rings is 3. The van der Waals surface area contributed by atoms with Crippen LogP contribution >= 0.6 is 11.3 Å². The van der Waals surface area contributed by atoms with E-state index in [0.29, 0.717) is 26.7 Å². The molecule has 1 aliphatic heterocycles. The molecule has 35 heavy (non-hydrogen) atoms. The first-order valence-corrected chi connectivity index (χ1v) is 11.4. The number of para-hydroxylation sites is 1. The van der Waals surface area contributed by atoms with Crippen molar-refractivity contribution in [3.63, 3.8) is 0 Å². The van der Waals surface area contributed by atoms with Crippen molar-refractivity contribution in [3.8, 4) is 5.75 Å². The molecule has 6 rings (SSSR count). The first-order valence-electron chi connectivity index (χ1n) is 10.6. The molecule has 0 fully saturated rings. The zero-order valence-electron chi connectivity index (χ0n) is 17.8. The SMILES string of the molecule is O=C(C1=C(O)C(=O)N(c2nc3ccc(F)cc3s2)C1c1ccc(O)cc1)c1cc2ccccc2o1. The number of halogens is 1. The van der Waals surface area contributed by atoms with E-state index in [1.807, 2.05) is 0 Å². The van der Waals surface area contributed by atoms with Gasteiger partial charge in [-0.1, -0.05) is 41.7 Å². The molecule has 0 aliphatic carbocycles. The molecule has 0 saturated heterocycles. The van der Waals surface area contributed by atoms with Crippen LogP contribution in [0.4, 0.5) is 9.52 Å². The third kappa shape index (κ3) is 3.36. The van der Waals surface area contributed by atoms with Crippen LogP contribution in [0, 0.1) is 5.82 Å². The van der Waals surface area contributed by atoms with Gasteiger partial charge in [0, 0.05) is 5.39 Å². The molecule has 2 aromatic heterocycles. The molecule has 0 spiro atoms. The number of aromatic hydroxyl groups is 1. The van der Waals surface area contributed by atoms with Crippen molar-refractivity contribution in [2.45, 2.75) is 6.04 Å². The first kappa shape index (κ1) is 21.1. The Kier molecular flexibility index (Phi) is 4.68. The summed E-state index contributed by atoms with van der Waals surface area (Å²) in [6.07, 6.45) is 0. The number of hydrogen-bond donors (Lipinski definition) is 2. The van der Waals surface area contributed by atoms with E-state index in [1.165, 1.54) is 35.2 Å². The summed E-state index contributed by atoms with van der Waals surface area (Å²) in [5.74, 6) is -2.67. The number of hydrogen-bond acceptors (Lipinski definition) is 7. The summed E-state index contributed by atoms with van der Waals surface area (Å²) in [5.41, 5.74) is 1.25. The van der Waals surface area contributed by atoms with Crippen molar-refractivity contribution < 1.29 is 28.6 Å². The number of aliphatic hydroxyl groups is 1. The van der Waals surface area contributed by atoms with Gasteiger partial charge in [0.15, 0.2) is 16.7 Å². The number of thiazole rings is 1. The fraction of sp³-hybridized carbons (Fsp3) is 0.0385. The molecular formula is C26H15FN2O5S. The normalized spacial score (nSPS) is 16.1. The van der Waals surface area contributed by atoms with Gasteiger partial charge in [-0.15, -0.1) is 0 Å². The number of phenolic OH excluding ortho intramolecular Hbond substituents is 1. The van der Waals surface area contributed by atoms with Crippen molar-refractivity contribution in [1.29, 1.82) is 0 Å². The van der Waals surface area contributed by atoms with E-state index in [2.05, 4.69) is 4.98 Å². The first-order chi connectivity index (χ1) is 16.9. The zero-order chi connectivity index (χ0) is 24.3. The third-order valence-electron chi connectivity index (χ3n) is 5.86. The molecule has 1 amide bonds. The number of nitrogens with zero attached hydrogens (tertiary/aromatic N) is 2. The number of furan rings is 1. The predicted molar refractivity (Wildman–Crippen MR) is 128 cm³/mol. The largest absolute Gasteiger partial charge is 0.508 e. The molecule has 172 valence electrons. The summed E-state index contributed by atoms with van der Waals surface area (Å²) in [7, 11) is 0. The van der Waals surface area contributed by atoms with Crippen LogP contribution in [-0.4, -0.2) is 26.9 Å². The lowest BCUT2D eigenvalue weighted by atomic mass is 9.95. The Labute approximate surface area is 201 Å². The van der Waals surface area contributed by atoms with Gasteiger partial charge in [0.2, 0.25) is 5.78 Å². The van der Waals surface area contributed by atoms with E-state index in [9.17, 15) is 24.2 Å². The Balaban J connectivity index is 1.51. The Morgan fingerprint density at radius 1 is 1.03 bits per heavy atom. The Hall–Kier alpha value is -4.50. The van der Waals surface area contributed by atoms with E-state index in [1.54, 1.807) is 42.5 Å². The van der Waals surface area contributed by atoms with E-state index in [0.717, 1.165) is 11.3 Å². The smallest absolute Gasteiger partial charge is 0.296 e. The highest BCUT2D eigenvalue weighted by molar-refractivity contribution is 7.22. The van der Waals surface area contributed by atoms with Crippen molar-refractivity contribution >= 4 is 49.3 Å². The number of carbonyl (C=O) groups is 2. The standard InChI is InChI=1S/C26H15FN2O5S/c27-15-7-10-17-20(12-15)35-26(28-17)29-22(13-5-8-16(30)9-6-13)21(24(32)25(29)33)23(31)19-11-14-3-1-2-4-18(14)34-19/h1-12,22,30,32H. The molecule has 3 aromatic carbocycles. The zero-order valence-corrected chi connectivity index (χ0v) is 18.6. The van der Waals surface area contributed by atoms with E-state index >= 15 is 0 Å². The molecule has 1 aliphatic rings. The molecule has 5 aromatic rings. The highest BCUT2D eigenvalue weighted by atomic mass is 32.1. The van der Waals surface area contributed by atoms with E-state index in [4.69, 9.17) is 4.42 Å². The average Bonchev–Trinajstić information content (AvgIpc) is 3.53. The average molecular weight is 486 g/mol. The fourth-order valence-corrected chi connectivity index (χ4v) is 5.24. The number of phenols is 1. The molecule has 1 unspecified atom stereocenters. The van der Waals surface area contributed by atoms with Crippen LogP contribution in [0.1, 0.15) is 22.2 Å². The van der Waals surface area contributed by atoms with Gasteiger partial charge in [-0.2, -0.15) is 0 Å². The lowest BCUT2D eigenvalue weighted by molar-refractivity contribution is -0.117. The summed E-state index contributed by atoms with van der Waals surface area (Å²) < 4.78 is 20.0. The number of aromatic nitrogens is 1. The molecule has 0 saturated carbocycles. The monoisotopic (exact) mass is 486 g/mol. The number of ketones is 1. The highest BCUT2D eigenvalue weighted by Gasteiger charge is 2.46. The highest BCUT2D eigenvalue weighted by Crippen LogP contribution is 2.44. The Morgan fingerprint density at radius 2 is 1.80 bits per heavy atom. The quantitative estimate of drug-likeness (QED) is 0.317. The maximum absolute atomic E-state index is 13.8. The van der Waals surface area contributed by atoms with Crippen LogP contribution in [-0.2, 0) is 4.79 Å². The summed E-state index contributed by atoms with van der Waals surface area (Å²) >= 11 is 1.06. The minimum atomic E-state index is -1.05. The maximum Gasteiger partial charge on any atom is 0.296 e. The summed E-state index contributed by atoms with van der Waals surface area (Å²) in [4.78, 5) is 32.6. The molecule has 9 heteroatoms. The van der Waals surface area contributed by atoms with E-state index < -0.39 is 29.3 Å². The Morgan fingerprint density at radius 3 is 2.57 bits per heavy atom. The van der Waals surface area contributed by atoms with Crippen molar-refractivity contribution in [1.82, 2.24) is 4.98 Å². The number of amides is 1. The molecule has 7 nitrogen and oxygen atoms in total. The molecule has 3 heterocycles. The molecule has 0 radical (unpaired) electrons. The summed E-state index contributed by atoms with van der Waals surface area (Å²) in [5, 5.41) is 21.6. The van der Waals surface area contributed by atoms with Gasteiger partial charge in [-0.25, -0.2) is 9.37 Å². The van der Waals surface area contributed by atoms with Gasteiger partial charge in [0.25, 0.3) is 5.91 Å². The van der Waals surface area contributed by atoms with Gasteiger partial charge >= 0.3 is 0 Å². The minimum absolute atomic E-state index is 0.00144. The van der Waals surface area contributed by atoms with Gasteiger partial charge in [0.1, 0.15) is 17.1 Å². The van der Waals surface area contributed by atoms with Gasteiger partial charge in [-0.05, 0) is 48.0 Å². The second-order valence-electron chi connectivity index (χ2n) is 8.02. The lowest BCUT2D eigenvalue weighted by Gasteiger charge is -2.24. The topological polar surface area (TPSA) is 104 Å². The summed E-state index contributed by atoms with van der Waals surface area (Å²) in [6.45, 7) is 0. The number of Topliss-reactive ketones (excluding diaryl/α,β-unsaturated/α-hetero) is 1. The van der Waals surface area contributed by atoms with Gasteiger partial charge < -0.3 is 14.6 Å². The number of fused-ring (bicyclic) bond motifs is 2. The summed E-state index contributed by atoms with van der Waals surface area (Å²) in [6, 6.07) is 17.6. The van der Waals surface area contributed by atoms with Crippen molar-refractivity contribution in [2.24, 2.45) is 0 Å². The molecule has 2 N–H and O–H groups in total. The van der Waals surface area contributed by atoms with Crippen LogP contribution in [0.5, 0.6) is 5.75 Å². The third-order valence-corrected chi connectivity index (χ3v) is 6.87. The molecule has 0 bridgehead atoms. The van der Waals surface area contributed by atoms with Crippen molar-refractivity contribution in [2.75, 3.05) is 4.90 Å². The van der Waals surface area contributed by atoms with Crippen LogP contribution in [0.3, 0.4) is 0 Å². The van der Waals surface area contributed by atoms with Crippen LogP contribution in [0.15, 0.2) is 88.5 Å². The Bertz CT molecular complexity index is 1650. The fourth-order valence-electron chi connectivity index (χ4n) is 4.22. The van der Waals surface area contributed by atoms with Crippen LogP contribution < -0.4 is 4.90 Å². The number of aliphatic hydroxyl groups excluding tert-OH is 1. The van der Waals surface area contributed by atoms with Crippen LogP contribution in [0.2, 0.25) is 0 Å². The molecule has 1 atom stereocenters. The van der Waals surface area contributed by atoms with Gasteiger partial charge in [0.05, 0.1) is 21.8 Å². The van der Waals surface area contributed by atoms with Gasteiger partial charge in [-0.3, -0.25) is 14.5 Å². The predicted octanol–water partition coefficient (Wildman–Crippen LogP) is 5.67. The second kappa shape index (κ2) is 7.78. The van der Waals surface area contributed by atoms with E-state index in [-0.39, 0.29) is 22.2 Å². The number of rotatable bonds is 4. The maximum atomic E-state index is 13.8. The molecular weight excluding hydrogens is 471 g/mol. The van der Waals surface area contributed by atoms with Crippen LogP contribution in [0.25, 0.3) is 21.2 Å². The lowest BCUT2D eigenvalue weighted by Crippen LogP contribution is -2.30. The second-order valence-corrected chi connectivity index (χ2v) is 9.03.